The molecular formula is C35H36BrN3O6S. The molecular weight excluding hydrogens is 670 g/mol. The third kappa shape index (κ3) is 8.07. The molecule has 2 amide bonds. The van der Waals surface area contributed by atoms with Crippen LogP contribution in [0.5, 0.6) is 11.5 Å². The number of hydrogen-bond donors (Lipinski definition) is 1. The van der Waals surface area contributed by atoms with Crippen LogP contribution in [0.3, 0.4) is 0 Å². The van der Waals surface area contributed by atoms with Gasteiger partial charge in [0.1, 0.15) is 25.8 Å². The van der Waals surface area contributed by atoms with Crippen LogP contribution in [0, 0.1) is 0 Å². The Morgan fingerprint density at radius 2 is 1.46 bits per heavy atom. The van der Waals surface area contributed by atoms with E-state index in [4.69, 9.17) is 9.47 Å². The van der Waals surface area contributed by atoms with Crippen molar-refractivity contribution in [2.75, 3.05) is 24.1 Å². The zero-order valence-corrected chi connectivity index (χ0v) is 28.0. The normalized spacial score (nSPS) is 13.1. The number of halogens is 1. The summed E-state index contributed by atoms with van der Waals surface area (Å²) in [6.07, 6.45) is 0.233. The van der Waals surface area contributed by atoms with E-state index < -0.39 is 28.5 Å². The average Bonchev–Trinajstić information content (AvgIpc) is 3.06. The number of rotatable bonds is 12. The predicted octanol–water partition coefficient (Wildman–Crippen LogP) is 5.58. The van der Waals surface area contributed by atoms with Crippen LogP contribution in [0.4, 0.5) is 5.69 Å². The Morgan fingerprint density at radius 1 is 0.826 bits per heavy atom. The maximum Gasteiger partial charge on any atom is 0.264 e. The van der Waals surface area contributed by atoms with E-state index >= 15 is 0 Å². The van der Waals surface area contributed by atoms with Gasteiger partial charge in [0.25, 0.3) is 10.0 Å². The molecule has 0 fully saturated rings. The third-order valence-electron chi connectivity index (χ3n) is 7.39. The lowest BCUT2D eigenvalue weighted by Crippen LogP contribution is -2.54. The van der Waals surface area contributed by atoms with Gasteiger partial charge in [0, 0.05) is 29.5 Å². The number of sulfonamides is 1. The third-order valence-corrected chi connectivity index (χ3v) is 9.71. The molecule has 240 valence electrons. The van der Waals surface area contributed by atoms with Gasteiger partial charge in [-0.05, 0) is 61.4 Å². The first-order chi connectivity index (χ1) is 22.1. The molecule has 4 aromatic carbocycles. The minimum atomic E-state index is -4.23. The highest BCUT2D eigenvalue weighted by atomic mass is 79.9. The molecule has 0 radical (unpaired) electrons. The van der Waals surface area contributed by atoms with E-state index in [1.165, 1.54) is 17.0 Å². The summed E-state index contributed by atoms with van der Waals surface area (Å²) >= 11 is 3.46. The van der Waals surface area contributed by atoms with Gasteiger partial charge in [-0.1, -0.05) is 76.6 Å². The van der Waals surface area contributed by atoms with E-state index in [1.807, 2.05) is 68.4 Å². The van der Waals surface area contributed by atoms with Crippen molar-refractivity contribution >= 4 is 43.5 Å². The Hall–Kier alpha value is -4.35. The van der Waals surface area contributed by atoms with E-state index in [-0.39, 0.29) is 35.5 Å². The Labute approximate surface area is 278 Å². The second-order valence-electron chi connectivity index (χ2n) is 11.2. The maximum absolute atomic E-state index is 14.6. The summed E-state index contributed by atoms with van der Waals surface area (Å²) < 4.78 is 41.7. The van der Waals surface area contributed by atoms with Crippen LogP contribution in [0.1, 0.15) is 25.0 Å². The number of anilines is 1. The molecule has 0 saturated heterocycles. The van der Waals surface area contributed by atoms with Gasteiger partial charge in [-0.25, -0.2) is 8.42 Å². The SMILES string of the molecule is CC(C)NC(=O)C(Cc1ccccc1)N(Cc1ccc(Br)cc1)C(=O)CN(c1ccc2c(c1)OCCO2)S(=O)(=O)c1ccccc1. The van der Waals surface area contributed by atoms with Gasteiger partial charge >= 0.3 is 0 Å². The number of amides is 2. The molecule has 0 bridgehead atoms. The largest absolute Gasteiger partial charge is 0.486 e. The number of ether oxygens (including phenoxy) is 2. The van der Waals surface area contributed by atoms with Crippen molar-refractivity contribution in [2.24, 2.45) is 0 Å². The summed E-state index contributed by atoms with van der Waals surface area (Å²) in [5, 5.41) is 2.97. The Kier molecular flexibility index (Phi) is 10.6. The van der Waals surface area contributed by atoms with E-state index in [0.717, 1.165) is 19.9 Å². The molecule has 0 aromatic heterocycles. The van der Waals surface area contributed by atoms with E-state index in [2.05, 4.69) is 21.2 Å². The van der Waals surface area contributed by atoms with Gasteiger partial charge in [-0.2, -0.15) is 0 Å². The van der Waals surface area contributed by atoms with Crippen molar-refractivity contribution in [2.45, 2.75) is 43.8 Å². The number of benzene rings is 4. The number of nitrogens with one attached hydrogen (secondary N) is 1. The minimum absolute atomic E-state index is 0.0236. The molecule has 0 spiro atoms. The molecule has 9 nitrogen and oxygen atoms in total. The average molecular weight is 707 g/mol. The summed E-state index contributed by atoms with van der Waals surface area (Å²) in [7, 11) is -4.23. The molecule has 0 aliphatic carbocycles. The zero-order chi connectivity index (χ0) is 32.7. The van der Waals surface area contributed by atoms with Gasteiger partial charge in [0.15, 0.2) is 11.5 Å². The van der Waals surface area contributed by atoms with E-state index in [1.54, 1.807) is 36.4 Å². The summed E-state index contributed by atoms with van der Waals surface area (Å²) in [6.45, 7) is 3.92. The van der Waals surface area contributed by atoms with Crippen molar-refractivity contribution in [3.63, 3.8) is 0 Å². The second kappa shape index (κ2) is 14.8. The molecule has 1 atom stereocenters. The smallest absolute Gasteiger partial charge is 0.264 e. The van der Waals surface area contributed by atoms with Gasteiger partial charge in [-0.15, -0.1) is 0 Å². The fourth-order valence-corrected chi connectivity index (χ4v) is 6.85. The van der Waals surface area contributed by atoms with Crippen molar-refractivity contribution in [3.05, 3.63) is 119 Å². The van der Waals surface area contributed by atoms with Crippen LogP contribution in [0.25, 0.3) is 0 Å². The lowest BCUT2D eigenvalue weighted by molar-refractivity contribution is -0.140. The lowest BCUT2D eigenvalue weighted by Gasteiger charge is -2.34. The number of nitrogens with zero attached hydrogens (tertiary/aromatic N) is 2. The van der Waals surface area contributed by atoms with E-state index in [9.17, 15) is 18.0 Å². The van der Waals surface area contributed by atoms with Crippen LogP contribution in [-0.2, 0) is 32.6 Å². The van der Waals surface area contributed by atoms with Crippen molar-refractivity contribution in [1.29, 1.82) is 0 Å². The summed E-state index contributed by atoms with van der Waals surface area (Å²) in [4.78, 5) is 29.9. The van der Waals surface area contributed by atoms with Crippen LogP contribution in [-0.4, -0.2) is 57.0 Å². The fourth-order valence-electron chi connectivity index (χ4n) is 5.16. The van der Waals surface area contributed by atoms with Crippen LogP contribution < -0.4 is 19.1 Å². The zero-order valence-electron chi connectivity index (χ0n) is 25.6. The predicted molar refractivity (Wildman–Crippen MR) is 180 cm³/mol. The summed E-state index contributed by atoms with van der Waals surface area (Å²) in [5.41, 5.74) is 1.88. The number of carbonyl (C=O) groups is 2. The highest BCUT2D eigenvalue weighted by molar-refractivity contribution is 9.10. The Balaban J connectivity index is 1.58. The van der Waals surface area contributed by atoms with Crippen molar-refractivity contribution in [1.82, 2.24) is 10.2 Å². The first-order valence-corrected chi connectivity index (χ1v) is 17.2. The monoisotopic (exact) mass is 705 g/mol. The molecule has 1 N–H and O–H groups in total. The highest BCUT2D eigenvalue weighted by Gasteiger charge is 2.35. The quantitative estimate of drug-likeness (QED) is 0.206. The van der Waals surface area contributed by atoms with Crippen LogP contribution in [0.2, 0.25) is 0 Å². The molecule has 1 heterocycles. The molecule has 46 heavy (non-hydrogen) atoms. The standard InChI is InChI=1S/C35H36BrN3O6S/c1-25(2)37-35(41)31(21-26-9-5-3-6-10-26)38(23-27-13-15-28(36)16-14-27)34(40)24-39(46(42,43)30-11-7-4-8-12-30)29-17-18-32-33(22-29)45-20-19-44-32/h3-18,22,25,31H,19-21,23-24H2,1-2H3,(H,37,41). The van der Waals surface area contributed by atoms with Gasteiger partial charge in [0.05, 0.1) is 10.6 Å². The fraction of sp³-hybridized carbons (Fsp3) is 0.257. The maximum atomic E-state index is 14.6. The minimum Gasteiger partial charge on any atom is -0.486 e. The Morgan fingerprint density at radius 3 is 2.11 bits per heavy atom. The van der Waals surface area contributed by atoms with Crippen molar-refractivity contribution in [3.8, 4) is 11.5 Å². The summed E-state index contributed by atoms with van der Waals surface area (Å²) in [6, 6.07) is 28.5. The lowest BCUT2D eigenvalue weighted by atomic mass is 10.0. The van der Waals surface area contributed by atoms with Crippen LogP contribution in [0.15, 0.2) is 112 Å². The van der Waals surface area contributed by atoms with Gasteiger partial charge in [0.2, 0.25) is 11.8 Å². The molecule has 0 saturated carbocycles. The number of hydrogen-bond acceptors (Lipinski definition) is 6. The van der Waals surface area contributed by atoms with Gasteiger partial charge in [-0.3, -0.25) is 13.9 Å². The second-order valence-corrected chi connectivity index (χ2v) is 13.9. The first kappa shape index (κ1) is 33.0. The number of fused-ring (bicyclic) bond motifs is 1. The first-order valence-electron chi connectivity index (χ1n) is 15.0. The Bertz CT molecular complexity index is 1750. The topological polar surface area (TPSA) is 105 Å². The molecule has 4 aromatic rings. The molecule has 1 aliphatic heterocycles. The molecule has 1 unspecified atom stereocenters. The van der Waals surface area contributed by atoms with Gasteiger partial charge < -0.3 is 19.7 Å². The van der Waals surface area contributed by atoms with E-state index in [0.29, 0.717) is 24.7 Å². The molecule has 11 heteroatoms. The summed E-state index contributed by atoms with van der Waals surface area (Å²) in [5.74, 6) is -0.00348. The highest BCUT2D eigenvalue weighted by Crippen LogP contribution is 2.36. The number of carbonyl (C=O) groups excluding carboxylic acids is 2. The van der Waals surface area contributed by atoms with Crippen LogP contribution >= 0.6 is 15.9 Å². The molecule has 1 aliphatic rings. The van der Waals surface area contributed by atoms with Crippen molar-refractivity contribution < 1.29 is 27.5 Å². The molecule has 5 rings (SSSR count).